The summed E-state index contributed by atoms with van der Waals surface area (Å²) in [5, 5.41) is 8.65. The van der Waals surface area contributed by atoms with Crippen molar-refractivity contribution in [1.82, 2.24) is 0 Å². The van der Waals surface area contributed by atoms with E-state index in [0.717, 1.165) is 25.0 Å². The van der Waals surface area contributed by atoms with Crippen LogP contribution in [0, 0.1) is 0 Å². The Morgan fingerprint density at radius 3 is 2.41 bits per heavy atom. The van der Waals surface area contributed by atoms with Gasteiger partial charge in [0.05, 0.1) is 12.5 Å². The van der Waals surface area contributed by atoms with Crippen LogP contribution in [0.25, 0.3) is 0 Å². The minimum Gasteiger partial charge on any atom is -0.481 e. The largest absolute Gasteiger partial charge is 0.481 e. The first-order chi connectivity index (χ1) is 8.11. The van der Waals surface area contributed by atoms with Crippen LogP contribution in [0.4, 0.5) is 0 Å². The van der Waals surface area contributed by atoms with Gasteiger partial charge >= 0.3 is 5.97 Å². The van der Waals surface area contributed by atoms with E-state index in [4.69, 9.17) is 9.84 Å². The highest BCUT2D eigenvalue weighted by Gasteiger charge is 2.03. The summed E-state index contributed by atoms with van der Waals surface area (Å²) in [6.07, 6.45) is 2.33. The second-order valence-electron chi connectivity index (χ2n) is 4.19. The lowest BCUT2D eigenvalue weighted by atomic mass is 10.0. The van der Waals surface area contributed by atoms with Gasteiger partial charge in [-0.25, -0.2) is 0 Å². The first-order valence-electron chi connectivity index (χ1n) is 6.03. The molecule has 0 aliphatic heterocycles. The van der Waals surface area contributed by atoms with Crippen LogP contribution >= 0.6 is 0 Å². The van der Waals surface area contributed by atoms with Crippen molar-refractivity contribution in [3.8, 4) is 0 Å². The summed E-state index contributed by atoms with van der Waals surface area (Å²) in [5.41, 5.74) is 2.07. The van der Waals surface area contributed by atoms with Gasteiger partial charge in [0.1, 0.15) is 0 Å². The zero-order chi connectivity index (χ0) is 12.7. The van der Waals surface area contributed by atoms with Gasteiger partial charge < -0.3 is 9.84 Å². The van der Waals surface area contributed by atoms with Crippen molar-refractivity contribution in [2.45, 2.75) is 39.2 Å². The normalized spacial score (nSPS) is 12.4. The molecule has 0 bridgehead atoms. The number of aliphatic carboxylic acids is 1. The maximum absolute atomic E-state index is 10.5. The topological polar surface area (TPSA) is 46.5 Å². The molecule has 1 unspecified atom stereocenters. The van der Waals surface area contributed by atoms with Crippen LogP contribution in [0.2, 0.25) is 0 Å². The fraction of sp³-hybridized carbons (Fsp3) is 0.500. The zero-order valence-corrected chi connectivity index (χ0v) is 10.5. The fourth-order valence-electron chi connectivity index (χ4n) is 1.74. The molecule has 1 rings (SSSR count). The molecule has 3 nitrogen and oxygen atoms in total. The molecule has 0 fully saturated rings. The highest BCUT2D eigenvalue weighted by Crippen LogP contribution is 2.10. The van der Waals surface area contributed by atoms with Crippen molar-refractivity contribution in [1.29, 1.82) is 0 Å². The molecule has 94 valence electrons. The molecule has 0 aromatic heterocycles. The van der Waals surface area contributed by atoms with Crippen LogP contribution in [-0.4, -0.2) is 23.8 Å². The summed E-state index contributed by atoms with van der Waals surface area (Å²) in [5.74, 6) is -0.789. The van der Waals surface area contributed by atoms with Crippen molar-refractivity contribution in [3.05, 3.63) is 35.4 Å². The summed E-state index contributed by atoms with van der Waals surface area (Å²) in [6.45, 7) is 4.82. The van der Waals surface area contributed by atoms with E-state index in [1.807, 2.05) is 31.2 Å². The van der Waals surface area contributed by atoms with Gasteiger partial charge in [0, 0.05) is 6.61 Å². The highest BCUT2D eigenvalue weighted by molar-refractivity contribution is 5.70. The van der Waals surface area contributed by atoms with E-state index < -0.39 is 5.97 Å². The van der Waals surface area contributed by atoms with Crippen LogP contribution in [0.1, 0.15) is 31.4 Å². The van der Waals surface area contributed by atoms with Gasteiger partial charge in [0.15, 0.2) is 0 Å². The summed E-state index contributed by atoms with van der Waals surface area (Å²) < 4.78 is 5.46. The smallest absolute Gasteiger partial charge is 0.307 e. The standard InChI is InChI=1S/C14H20O3/c1-3-17-11(2)4-5-12-6-8-13(9-7-12)10-14(15)16/h6-9,11H,3-5,10H2,1-2H3,(H,15,16). The van der Waals surface area contributed by atoms with E-state index in [9.17, 15) is 4.79 Å². The number of ether oxygens (including phenoxy) is 1. The van der Waals surface area contributed by atoms with Gasteiger partial charge in [-0.15, -0.1) is 0 Å². The minimum absolute atomic E-state index is 0.0929. The molecule has 0 saturated heterocycles. The van der Waals surface area contributed by atoms with Gasteiger partial charge in [-0.3, -0.25) is 4.79 Å². The molecule has 0 aliphatic carbocycles. The minimum atomic E-state index is -0.789. The van der Waals surface area contributed by atoms with E-state index in [1.54, 1.807) is 0 Å². The lowest BCUT2D eigenvalue weighted by Gasteiger charge is -2.11. The van der Waals surface area contributed by atoms with Gasteiger partial charge in [-0.2, -0.15) is 0 Å². The van der Waals surface area contributed by atoms with Crippen molar-refractivity contribution in [2.24, 2.45) is 0 Å². The van der Waals surface area contributed by atoms with E-state index in [-0.39, 0.29) is 12.5 Å². The number of benzene rings is 1. The maximum Gasteiger partial charge on any atom is 0.307 e. The summed E-state index contributed by atoms with van der Waals surface area (Å²) in [6, 6.07) is 7.76. The van der Waals surface area contributed by atoms with Crippen LogP contribution in [0.3, 0.4) is 0 Å². The second-order valence-corrected chi connectivity index (χ2v) is 4.19. The van der Waals surface area contributed by atoms with E-state index in [1.165, 1.54) is 5.56 Å². The van der Waals surface area contributed by atoms with Gasteiger partial charge in [0.25, 0.3) is 0 Å². The Bertz CT molecular complexity index is 343. The highest BCUT2D eigenvalue weighted by atomic mass is 16.5. The molecule has 0 radical (unpaired) electrons. The molecule has 1 aromatic rings. The molecule has 17 heavy (non-hydrogen) atoms. The summed E-state index contributed by atoms with van der Waals surface area (Å²) in [7, 11) is 0. The predicted octanol–water partition coefficient (Wildman–Crippen LogP) is 2.67. The average molecular weight is 236 g/mol. The molecule has 1 N–H and O–H groups in total. The lowest BCUT2D eigenvalue weighted by molar-refractivity contribution is -0.136. The monoisotopic (exact) mass is 236 g/mol. The first-order valence-corrected chi connectivity index (χ1v) is 6.03. The third-order valence-electron chi connectivity index (χ3n) is 2.67. The summed E-state index contributed by atoms with van der Waals surface area (Å²) >= 11 is 0. The Hall–Kier alpha value is -1.35. The van der Waals surface area contributed by atoms with Gasteiger partial charge in [0.2, 0.25) is 0 Å². The zero-order valence-electron chi connectivity index (χ0n) is 10.5. The Balaban J connectivity index is 2.42. The molecule has 1 atom stereocenters. The van der Waals surface area contributed by atoms with Crippen LogP contribution < -0.4 is 0 Å². The molecule has 3 heteroatoms. The summed E-state index contributed by atoms with van der Waals surface area (Å²) in [4.78, 5) is 10.5. The predicted molar refractivity (Wildman–Crippen MR) is 67.2 cm³/mol. The molecule has 0 aliphatic rings. The number of aryl methyl sites for hydroxylation is 1. The van der Waals surface area contributed by atoms with Crippen LogP contribution in [0.15, 0.2) is 24.3 Å². The molecule has 0 heterocycles. The number of hydrogen-bond donors (Lipinski definition) is 1. The quantitative estimate of drug-likeness (QED) is 0.791. The van der Waals surface area contributed by atoms with Crippen molar-refractivity contribution in [3.63, 3.8) is 0 Å². The molecular weight excluding hydrogens is 216 g/mol. The fourth-order valence-corrected chi connectivity index (χ4v) is 1.74. The first kappa shape index (κ1) is 13.7. The van der Waals surface area contributed by atoms with E-state index in [2.05, 4.69) is 6.92 Å². The Morgan fingerprint density at radius 2 is 1.88 bits per heavy atom. The van der Waals surface area contributed by atoms with Crippen LogP contribution in [0.5, 0.6) is 0 Å². The van der Waals surface area contributed by atoms with Crippen molar-refractivity contribution < 1.29 is 14.6 Å². The number of carbonyl (C=O) groups is 1. The number of rotatable bonds is 7. The van der Waals surface area contributed by atoms with Gasteiger partial charge in [-0.05, 0) is 37.8 Å². The Morgan fingerprint density at radius 1 is 1.29 bits per heavy atom. The van der Waals surface area contributed by atoms with Crippen molar-refractivity contribution >= 4 is 5.97 Å². The SMILES string of the molecule is CCOC(C)CCc1ccc(CC(=O)O)cc1. The second kappa shape index (κ2) is 7.07. The Labute approximate surface area is 102 Å². The van der Waals surface area contributed by atoms with Crippen LogP contribution in [-0.2, 0) is 22.4 Å². The lowest BCUT2D eigenvalue weighted by Crippen LogP contribution is -2.09. The number of hydrogen-bond acceptors (Lipinski definition) is 2. The number of carboxylic acid groups (broad SMARTS) is 1. The number of carboxylic acids is 1. The molecule has 0 amide bonds. The molecule has 0 saturated carbocycles. The third-order valence-corrected chi connectivity index (χ3v) is 2.67. The van der Waals surface area contributed by atoms with E-state index in [0.29, 0.717) is 0 Å². The molecular formula is C14H20O3. The Kier molecular flexibility index (Phi) is 5.70. The molecule has 0 spiro atoms. The average Bonchev–Trinajstić information content (AvgIpc) is 2.28. The van der Waals surface area contributed by atoms with Gasteiger partial charge in [-0.1, -0.05) is 24.3 Å². The third kappa shape index (κ3) is 5.50. The van der Waals surface area contributed by atoms with Crippen molar-refractivity contribution in [2.75, 3.05) is 6.61 Å². The van der Waals surface area contributed by atoms with E-state index >= 15 is 0 Å². The molecule has 1 aromatic carbocycles. The maximum atomic E-state index is 10.5.